The van der Waals surface area contributed by atoms with Crippen molar-refractivity contribution < 1.29 is 0 Å². The second kappa shape index (κ2) is 14.7. The van der Waals surface area contributed by atoms with Gasteiger partial charge in [-0.25, -0.2) is 0 Å². The summed E-state index contributed by atoms with van der Waals surface area (Å²) < 4.78 is 0. The average Bonchev–Trinajstić information content (AvgIpc) is 2.35. The molecule has 0 N–H and O–H groups in total. The molecule has 0 fully saturated rings. The minimum atomic E-state index is 1.09. The monoisotopic (exact) mass is 230 g/mol. The van der Waals surface area contributed by atoms with Crippen molar-refractivity contribution >= 4 is 0 Å². The van der Waals surface area contributed by atoms with Crippen molar-refractivity contribution in [2.45, 2.75) is 46.0 Å². The van der Waals surface area contributed by atoms with E-state index in [0.29, 0.717) is 0 Å². The Labute approximate surface area is 107 Å². The van der Waals surface area contributed by atoms with E-state index in [1.807, 2.05) is 18.2 Å². The summed E-state index contributed by atoms with van der Waals surface area (Å²) in [6.45, 7) is 4.37. The topological polar surface area (TPSA) is 0 Å². The summed E-state index contributed by atoms with van der Waals surface area (Å²) in [5.41, 5.74) is 0. The maximum Gasteiger partial charge on any atom is -0.0348 e. The minimum Gasteiger partial charge on any atom is -0.0848 e. The van der Waals surface area contributed by atoms with Gasteiger partial charge in [0, 0.05) is 0 Å². The molecule has 0 saturated carbocycles. The van der Waals surface area contributed by atoms with Gasteiger partial charge in [0.25, 0.3) is 0 Å². The number of hydrogen-bond donors (Lipinski definition) is 0. The molecule has 17 heavy (non-hydrogen) atoms. The highest BCUT2D eigenvalue weighted by Gasteiger charge is 1.79. The Morgan fingerprint density at radius 3 is 1.65 bits per heavy atom. The zero-order valence-electron chi connectivity index (χ0n) is 11.3. The van der Waals surface area contributed by atoms with E-state index >= 15 is 0 Å². The van der Waals surface area contributed by atoms with Crippen molar-refractivity contribution in [3.63, 3.8) is 0 Å². The molecule has 0 aromatic rings. The van der Waals surface area contributed by atoms with Crippen molar-refractivity contribution in [2.75, 3.05) is 0 Å². The van der Waals surface area contributed by atoms with E-state index < -0.39 is 0 Å². The third-order valence-corrected chi connectivity index (χ3v) is 2.26. The molecule has 0 bridgehead atoms. The molecular weight excluding hydrogens is 204 g/mol. The first-order valence-electron chi connectivity index (χ1n) is 6.73. The van der Waals surface area contributed by atoms with E-state index in [4.69, 9.17) is 0 Å². The van der Waals surface area contributed by atoms with Crippen molar-refractivity contribution in [2.24, 2.45) is 0 Å². The van der Waals surface area contributed by atoms with E-state index in [0.717, 1.165) is 6.42 Å². The molecule has 94 valence electrons. The van der Waals surface area contributed by atoms with E-state index in [1.165, 1.54) is 25.7 Å². The predicted molar refractivity (Wildman–Crippen MR) is 80.1 cm³/mol. The molecular formula is C17H26. The Morgan fingerprint density at radius 2 is 1.12 bits per heavy atom. The van der Waals surface area contributed by atoms with Crippen LogP contribution >= 0.6 is 0 Å². The number of unbranched alkanes of at least 4 members (excludes halogenated alkanes) is 3. The van der Waals surface area contributed by atoms with Gasteiger partial charge in [0.15, 0.2) is 0 Å². The average molecular weight is 230 g/mol. The fraction of sp³-hybridized carbons (Fsp3) is 0.412. The van der Waals surface area contributed by atoms with Crippen LogP contribution in [-0.4, -0.2) is 0 Å². The van der Waals surface area contributed by atoms with E-state index in [2.05, 4.69) is 56.4 Å². The van der Waals surface area contributed by atoms with Crippen LogP contribution in [0.25, 0.3) is 0 Å². The molecule has 0 atom stereocenters. The predicted octanol–water partition coefficient (Wildman–Crippen LogP) is 5.76. The smallest absolute Gasteiger partial charge is 0.0348 e. The summed E-state index contributed by atoms with van der Waals surface area (Å²) in [5, 5.41) is 0. The van der Waals surface area contributed by atoms with Crippen molar-refractivity contribution in [3.05, 3.63) is 60.8 Å². The van der Waals surface area contributed by atoms with Gasteiger partial charge in [0.05, 0.1) is 0 Å². The molecule has 0 rings (SSSR count). The normalized spacial score (nSPS) is 13.3. The zero-order chi connectivity index (χ0) is 12.6. The molecule has 0 heterocycles. The first kappa shape index (κ1) is 15.7. The SMILES string of the molecule is CCC=CC=CC=CC=CC=CCCCCC. The van der Waals surface area contributed by atoms with E-state index in [-0.39, 0.29) is 0 Å². The van der Waals surface area contributed by atoms with Crippen molar-refractivity contribution in [1.29, 1.82) is 0 Å². The van der Waals surface area contributed by atoms with Gasteiger partial charge in [0.2, 0.25) is 0 Å². The molecule has 0 spiro atoms. The van der Waals surface area contributed by atoms with Crippen LogP contribution in [0.15, 0.2) is 60.8 Å². The summed E-state index contributed by atoms with van der Waals surface area (Å²) in [6, 6.07) is 0. The summed E-state index contributed by atoms with van der Waals surface area (Å²) in [7, 11) is 0. The molecule has 0 nitrogen and oxygen atoms in total. The highest BCUT2D eigenvalue weighted by Crippen LogP contribution is 1.99. The summed E-state index contributed by atoms with van der Waals surface area (Å²) in [5.74, 6) is 0. The third kappa shape index (κ3) is 14.7. The lowest BCUT2D eigenvalue weighted by Crippen LogP contribution is -1.69. The zero-order valence-corrected chi connectivity index (χ0v) is 11.3. The Bertz CT molecular complexity index is 274. The molecule has 0 aliphatic heterocycles. The molecule has 0 aliphatic rings. The van der Waals surface area contributed by atoms with Crippen LogP contribution in [0, 0.1) is 0 Å². The van der Waals surface area contributed by atoms with Crippen LogP contribution in [0.5, 0.6) is 0 Å². The summed E-state index contributed by atoms with van der Waals surface area (Å²) in [6.07, 6.45) is 27.1. The van der Waals surface area contributed by atoms with Crippen LogP contribution in [0.2, 0.25) is 0 Å². The van der Waals surface area contributed by atoms with Crippen LogP contribution in [0.3, 0.4) is 0 Å². The molecule has 0 saturated heterocycles. The molecule has 0 aliphatic carbocycles. The van der Waals surface area contributed by atoms with Gasteiger partial charge in [-0.3, -0.25) is 0 Å². The minimum absolute atomic E-state index is 1.09. The Morgan fingerprint density at radius 1 is 0.588 bits per heavy atom. The fourth-order valence-corrected chi connectivity index (χ4v) is 1.29. The summed E-state index contributed by atoms with van der Waals surface area (Å²) in [4.78, 5) is 0. The molecule has 0 heteroatoms. The van der Waals surface area contributed by atoms with E-state index in [9.17, 15) is 0 Å². The van der Waals surface area contributed by atoms with Gasteiger partial charge in [0.1, 0.15) is 0 Å². The maximum atomic E-state index is 2.24. The lowest BCUT2D eigenvalue weighted by molar-refractivity contribution is 0.729. The van der Waals surface area contributed by atoms with Crippen molar-refractivity contribution in [1.82, 2.24) is 0 Å². The van der Waals surface area contributed by atoms with E-state index in [1.54, 1.807) is 0 Å². The van der Waals surface area contributed by atoms with Crippen LogP contribution in [-0.2, 0) is 0 Å². The molecule has 0 amide bonds. The highest BCUT2D eigenvalue weighted by molar-refractivity contribution is 5.17. The van der Waals surface area contributed by atoms with Crippen LogP contribution < -0.4 is 0 Å². The first-order valence-corrected chi connectivity index (χ1v) is 6.73. The lowest BCUT2D eigenvalue weighted by atomic mass is 10.2. The number of hydrogen-bond acceptors (Lipinski definition) is 0. The van der Waals surface area contributed by atoms with Crippen molar-refractivity contribution in [3.8, 4) is 0 Å². The third-order valence-electron chi connectivity index (χ3n) is 2.26. The Hall–Kier alpha value is -1.30. The molecule has 0 aromatic heterocycles. The fourth-order valence-electron chi connectivity index (χ4n) is 1.29. The van der Waals surface area contributed by atoms with Crippen LogP contribution in [0.1, 0.15) is 46.0 Å². The molecule has 0 unspecified atom stereocenters. The quantitative estimate of drug-likeness (QED) is 0.349. The molecule has 0 aromatic carbocycles. The summed E-state index contributed by atoms with van der Waals surface area (Å²) >= 11 is 0. The second-order valence-corrected chi connectivity index (χ2v) is 3.92. The lowest BCUT2D eigenvalue weighted by Gasteiger charge is -1.89. The number of rotatable bonds is 9. The largest absolute Gasteiger partial charge is 0.0848 e. The van der Waals surface area contributed by atoms with Gasteiger partial charge >= 0.3 is 0 Å². The standard InChI is InChI=1S/C17H26/c1-3-5-7-9-11-13-15-17-16-14-12-10-8-6-4-2/h5,7,9,11-17H,3-4,6,8,10H2,1-2H3. The maximum absolute atomic E-state index is 2.24. The molecule has 0 radical (unpaired) electrons. The van der Waals surface area contributed by atoms with Gasteiger partial charge in [-0.2, -0.15) is 0 Å². The first-order chi connectivity index (χ1) is 8.41. The second-order valence-electron chi connectivity index (χ2n) is 3.92. The van der Waals surface area contributed by atoms with Gasteiger partial charge in [-0.15, -0.1) is 0 Å². The van der Waals surface area contributed by atoms with Gasteiger partial charge in [-0.1, -0.05) is 87.4 Å². The van der Waals surface area contributed by atoms with Crippen LogP contribution in [0.4, 0.5) is 0 Å². The van der Waals surface area contributed by atoms with Gasteiger partial charge < -0.3 is 0 Å². The Balaban J connectivity index is 3.55. The Kier molecular flexibility index (Phi) is 13.6. The number of allylic oxidation sites excluding steroid dienone is 10. The van der Waals surface area contributed by atoms with Gasteiger partial charge in [-0.05, 0) is 19.3 Å². The highest BCUT2D eigenvalue weighted by atomic mass is 13.9.